The number of carbonyl (C=O) groups excluding carboxylic acids is 1. The molecular formula is C13H20BrN3O. The highest BCUT2D eigenvalue weighted by molar-refractivity contribution is 9.09. The van der Waals surface area contributed by atoms with E-state index in [1.165, 1.54) is 12.8 Å². The van der Waals surface area contributed by atoms with Crippen LogP contribution < -0.4 is 5.32 Å². The van der Waals surface area contributed by atoms with E-state index in [1.54, 1.807) is 4.68 Å². The van der Waals surface area contributed by atoms with Crippen LogP contribution in [0.1, 0.15) is 48.8 Å². The lowest BCUT2D eigenvalue weighted by Gasteiger charge is -2.27. The number of alkyl halides is 1. The highest BCUT2D eigenvalue weighted by atomic mass is 79.9. The van der Waals surface area contributed by atoms with Crippen LogP contribution in [0, 0.1) is 0 Å². The van der Waals surface area contributed by atoms with Crippen LogP contribution in [0.3, 0.4) is 0 Å². The second kappa shape index (κ2) is 5.43. The predicted molar refractivity (Wildman–Crippen MR) is 75.0 cm³/mol. The summed E-state index contributed by atoms with van der Waals surface area (Å²) in [4.78, 5) is 12.3. The minimum absolute atomic E-state index is 0.00829. The Hall–Kier alpha value is -0.840. The van der Waals surface area contributed by atoms with Crippen LogP contribution in [0.4, 0.5) is 0 Å². The van der Waals surface area contributed by atoms with Crippen molar-refractivity contribution >= 4 is 21.8 Å². The molecule has 1 fully saturated rings. The summed E-state index contributed by atoms with van der Waals surface area (Å²) >= 11 is 3.53. The van der Waals surface area contributed by atoms with E-state index in [1.807, 2.05) is 20.0 Å². The lowest BCUT2D eigenvalue weighted by atomic mass is 10.0. The minimum atomic E-state index is -0.0618. The van der Waals surface area contributed by atoms with E-state index in [4.69, 9.17) is 0 Å². The van der Waals surface area contributed by atoms with Crippen LogP contribution in [0.15, 0.2) is 6.07 Å². The number of nitrogens with one attached hydrogen (secondary N) is 1. The number of halogens is 1. The van der Waals surface area contributed by atoms with Crippen molar-refractivity contribution in [3.63, 3.8) is 0 Å². The number of hydrogen-bond acceptors (Lipinski definition) is 2. The van der Waals surface area contributed by atoms with Crippen molar-refractivity contribution in [2.24, 2.45) is 7.05 Å². The average molecular weight is 314 g/mol. The molecule has 5 heteroatoms. The fourth-order valence-corrected chi connectivity index (χ4v) is 3.26. The van der Waals surface area contributed by atoms with Gasteiger partial charge in [-0.15, -0.1) is 0 Å². The van der Waals surface area contributed by atoms with Crippen molar-refractivity contribution in [1.82, 2.24) is 15.1 Å². The topological polar surface area (TPSA) is 46.9 Å². The lowest BCUT2D eigenvalue weighted by molar-refractivity contribution is 0.0900. The first-order chi connectivity index (χ1) is 8.60. The van der Waals surface area contributed by atoms with E-state index in [0.717, 1.165) is 30.3 Å². The SMILES string of the molecule is CCc1cc(C(=O)NC2(CBr)CCCC2)n(C)n1. The molecule has 0 atom stereocenters. The Balaban J connectivity index is 2.13. The molecule has 0 aliphatic heterocycles. The van der Waals surface area contributed by atoms with E-state index >= 15 is 0 Å². The summed E-state index contributed by atoms with van der Waals surface area (Å²) in [6.07, 6.45) is 5.35. The van der Waals surface area contributed by atoms with Crippen molar-refractivity contribution < 1.29 is 4.79 Å². The van der Waals surface area contributed by atoms with E-state index in [-0.39, 0.29) is 11.4 Å². The molecule has 0 bridgehead atoms. The molecule has 0 radical (unpaired) electrons. The Morgan fingerprint density at radius 2 is 2.22 bits per heavy atom. The zero-order valence-corrected chi connectivity index (χ0v) is 12.6. The van der Waals surface area contributed by atoms with Crippen molar-refractivity contribution in [2.45, 2.75) is 44.6 Å². The fourth-order valence-electron chi connectivity index (χ4n) is 2.56. The number of rotatable bonds is 4. The summed E-state index contributed by atoms with van der Waals surface area (Å²) in [5.41, 5.74) is 1.55. The predicted octanol–water partition coefficient (Wildman–Crippen LogP) is 2.42. The summed E-state index contributed by atoms with van der Waals surface area (Å²) in [7, 11) is 1.82. The summed E-state index contributed by atoms with van der Waals surface area (Å²) in [6, 6.07) is 1.88. The molecule has 0 aromatic carbocycles. The van der Waals surface area contributed by atoms with Gasteiger partial charge in [0.25, 0.3) is 5.91 Å². The Labute approximate surface area is 116 Å². The molecule has 100 valence electrons. The quantitative estimate of drug-likeness (QED) is 0.868. The second-order valence-corrected chi connectivity index (χ2v) is 5.63. The van der Waals surface area contributed by atoms with Gasteiger partial charge >= 0.3 is 0 Å². The van der Waals surface area contributed by atoms with Crippen molar-refractivity contribution in [1.29, 1.82) is 0 Å². The van der Waals surface area contributed by atoms with Gasteiger partial charge in [-0.25, -0.2) is 0 Å². The maximum absolute atomic E-state index is 12.3. The molecule has 0 saturated heterocycles. The van der Waals surface area contributed by atoms with Crippen molar-refractivity contribution in [3.05, 3.63) is 17.5 Å². The van der Waals surface area contributed by atoms with Crippen molar-refractivity contribution in [3.8, 4) is 0 Å². The van der Waals surface area contributed by atoms with Gasteiger partial charge in [0, 0.05) is 12.4 Å². The van der Waals surface area contributed by atoms with Crippen LogP contribution in [-0.4, -0.2) is 26.6 Å². The maximum Gasteiger partial charge on any atom is 0.270 e. The molecule has 0 spiro atoms. The largest absolute Gasteiger partial charge is 0.344 e. The summed E-state index contributed by atoms with van der Waals surface area (Å²) in [5.74, 6) is -0.00829. The van der Waals surface area contributed by atoms with E-state index < -0.39 is 0 Å². The lowest BCUT2D eigenvalue weighted by Crippen LogP contribution is -2.48. The van der Waals surface area contributed by atoms with Gasteiger partial charge in [0.15, 0.2) is 0 Å². The number of amides is 1. The van der Waals surface area contributed by atoms with Crippen molar-refractivity contribution in [2.75, 3.05) is 5.33 Å². The summed E-state index contributed by atoms with van der Waals surface area (Å²) in [6.45, 7) is 2.04. The molecule has 1 aromatic rings. The molecule has 1 saturated carbocycles. The second-order valence-electron chi connectivity index (χ2n) is 5.07. The zero-order chi connectivity index (χ0) is 13.2. The molecule has 18 heavy (non-hydrogen) atoms. The van der Waals surface area contributed by atoms with E-state index in [2.05, 4.69) is 26.3 Å². The molecule has 1 amide bonds. The Bertz CT molecular complexity index is 435. The fraction of sp³-hybridized carbons (Fsp3) is 0.692. The molecular weight excluding hydrogens is 294 g/mol. The van der Waals surface area contributed by atoms with E-state index in [0.29, 0.717) is 5.69 Å². The molecule has 0 unspecified atom stereocenters. The normalized spacial score (nSPS) is 17.9. The van der Waals surface area contributed by atoms with Crippen LogP contribution in [0.2, 0.25) is 0 Å². The van der Waals surface area contributed by atoms with Gasteiger partial charge in [0.05, 0.1) is 11.2 Å². The van der Waals surface area contributed by atoms with Gasteiger partial charge in [0.2, 0.25) is 0 Å². The molecule has 1 aliphatic carbocycles. The van der Waals surface area contributed by atoms with Crippen LogP contribution in [0.25, 0.3) is 0 Å². The zero-order valence-electron chi connectivity index (χ0n) is 11.0. The maximum atomic E-state index is 12.3. The van der Waals surface area contributed by atoms with Gasteiger partial charge in [-0.05, 0) is 25.3 Å². The summed E-state index contributed by atoms with van der Waals surface area (Å²) in [5, 5.41) is 8.33. The number of hydrogen-bond donors (Lipinski definition) is 1. The average Bonchev–Trinajstić information content (AvgIpc) is 2.96. The first-order valence-corrected chi connectivity index (χ1v) is 7.64. The number of nitrogens with zero attached hydrogens (tertiary/aromatic N) is 2. The van der Waals surface area contributed by atoms with Crippen LogP contribution in [-0.2, 0) is 13.5 Å². The monoisotopic (exact) mass is 313 g/mol. The Morgan fingerprint density at radius 3 is 2.72 bits per heavy atom. The van der Waals surface area contributed by atoms with Crippen LogP contribution >= 0.6 is 15.9 Å². The highest BCUT2D eigenvalue weighted by Crippen LogP contribution is 2.31. The van der Waals surface area contributed by atoms with Gasteiger partial charge < -0.3 is 5.32 Å². The molecule has 2 rings (SSSR count). The third kappa shape index (κ3) is 2.60. The third-order valence-corrected chi connectivity index (χ3v) is 4.79. The third-order valence-electron chi connectivity index (χ3n) is 3.72. The summed E-state index contributed by atoms with van der Waals surface area (Å²) < 4.78 is 1.67. The Morgan fingerprint density at radius 1 is 1.56 bits per heavy atom. The molecule has 1 N–H and O–H groups in total. The molecule has 4 nitrogen and oxygen atoms in total. The smallest absolute Gasteiger partial charge is 0.270 e. The minimum Gasteiger partial charge on any atom is -0.344 e. The van der Waals surface area contributed by atoms with Gasteiger partial charge in [0.1, 0.15) is 5.69 Å². The Kier molecular flexibility index (Phi) is 4.10. The van der Waals surface area contributed by atoms with Crippen LogP contribution in [0.5, 0.6) is 0 Å². The number of carbonyl (C=O) groups is 1. The number of aryl methyl sites for hydroxylation is 2. The molecule has 1 heterocycles. The van der Waals surface area contributed by atoms with Gasteiger partial charge in [-0.3, -0.25) is 9.48 Å². The van der Waals surface area contributed by atoms with Gasteiger partial charge in [-0.2, -0.15) is 5.10 Å². The highest BCUT2D eigenvalue weighted by Gasteiger charge is 2.34. The molecule has 1 aromatic heterocycles. The van der Waals surface area contributed by atoms with Gasteiger partial charge in [-0.1, -0.05) is 35.7 Å². The first kappa shape index (κ1) is 13.6. The first-order valence-electron chi connectivity index (χ1n) is 6.51. The number of aromatic nitrogens is 2. The molecule has 1 aliphatic rings. The van der Waals surface area contributed by atoms with E-state index in [9.17, 15) is 4.79 Å². The standard InChI is InChI=1S/C13H20BrN3O/c1-3-10-8-11(17(2)16-10)12(18)15-13(9-14)6-4-5-7-13/h8H,3-7,9H2,1-2H3,(H,15,18).